The molecule has 8 heteroatoms. The Morgan fingerprint density at radius 3 is 2.62 bits per heavy atom. The van der Waals surface area contributed by atoms with E-state index in [1.807, 2.05) is 0 Å². The standard InChI is InChI=1S/C21H29N3O4S/c1-27-21-11-10-16(29(25,26)24-12-6-2-3-7-13-24)14-18(21)22-15-19-17-8-4-5-9-20(17)28-23-19/h10-11,14,22H,2-9,12-13,15H2,1H3. The first-order valence-electron chi connectivity index (χ1n) is 10.5. The van der Waals surface area contributed by atoms with Gasteiger partial charge in [0.1, 0.15) is 17.2 Å². The molecule has 0 unspecified atom stereocenters. The highest BCUT2D eigenvalue weighted by Crippen LogP contribution is 2.31. The highest BCUT2D eigenvalue weighted by molar-refractivity contribution is 7.89. The summed E-state index contributed by atoms with van der Waals surface area (Å²) in [5.41, 5.74) is 2.73. The molecule has 1 saturated heterocycles. The molecule has 0 spiro atoms. The van der Waals surface area contributed by atoms with Crippen LogP contribution >= 0.6 is 0 Å². The van der Waals surface area contributed by atoms with E-state index in [1.54, 1.807) is 29.6 Å². The van der Waals surface area contributed by atoms with Gasteiger partial charge < -0.3 is 14.6 Å². The normalized spacial score (nSPS) is 18.1. The smallest absolute Gasteiger partial charge is 0.243 e. The van der Waals surface area contributed by atoms with Crippen LogP contribution in [0.3, 0.4) is 0 Å². The van der Waals surface area contributed by atoms with E-state index in [0.717, 1.165) is 62.8 Å². The van der Waals surface area contributed by atoms with Gasteiger partial charge in [0.05, 0.1) is 24.2 Å². The Hall–Kier alpha value is -2.06. The van der Waals surface area contributed by atoms with Gasteiger partial charge in [-0.25, -0.2) is 8.42 Å². The van der Waals surface area contributed by atoms with Crippen LogP contribution in [0, 0.1) is 0 Å². The minimum absolute atomic E-state index is 0.296. The van der Waals surface area contributed by atoms with Gasteiger partial charge in [-0.1, -0.05) is 18.0 Å². The van der Waals surface area contributed by atoms with Crippen molar-refractivity contribution in [1.29, 1.82) is 0 Å². The molecule has 2 aliphatic rings. The van der Waals surface area contributed by atoms with E-state index in [1.165, 1.54) is 5.56 Å². The zero-order valence-electron chi connectivity index (χ0n) is 16.9. The van der Waals surface area contributed by atoms with Crippen molar-refractivity contribution >= 4 is 15.7 Å². The van der Waals surface area contributed by atoms with E-state index in [2.05, 4.69) is 10.5 Å². The fourth-order valence-electron chi connectivity index (χ4n) is 4.18. The fourth-order valence-corrected chi connectivity index (χ4v) is 5.73. The van der Waals surface area contributed by atoms with Crippen LogP contribution in [0.4, 0.5) is 5.69 Å². The summed E-state index contributed by atoms with van der Waals surface area (Å²) in [7, 11) is -1.93. The van der Waals surface area contributed by atoms with Crippen LogP contribution in [-0.4, -0.2) is 38.1 Å². The Kier molecular flexibility index (Phi) is 6.10. The fraction of sp³-hybridized carbons (Fsp3) is 0.571. The molecule has 0 amide bonds. The molecule has 29 heavy (non-hydrogen) atoms. The highest BCUT2D eigenvalue weighted by atomic mass is 32.2. The summed E-state index contributed by atoms with van der Waals surface area (Å²) in [4.78, 5) is 0.296. The van der Waals surface area contributed by atoms with Gasteiger partial charge in [0.15, 0.2) is 0 Å². The maximum Gasteiger partial charge on any atom is 0.243 e. The van der Waals surface area contributed by atoms with Gasteiger partial charge in [-0.05, 0) is 50.3 Å². The molecule has 1 aliphatic heterocycles. The largest absolute Gasteiger partial charge is 0.495 e. The van der Waals surface area contributed by atoms with Crippen LogP contribution < -0.4 is 10.1 Å². The molecule has 0 atom stereocenters. The number of sulfonamides is 1. The maximum absolute atomic E-state index is 13.1. The van der Waals surface area contributed by atoms with Crippen molar-refractivity contribution in [2.75, 3.05) is 25.5 Å². The van der Waals surface area contributed by atoms with Crippen molar-refractivity contribution in [3.05, 3.63) is 35.2 Å². The lowest BCUT2D eigenvalue weighted by Crippen LogP contribution is -2.32. The van der Waals surface area contributed by atoms with Crippen LogP contribution in [0.1, 0.15) is 55.5 Å². The van der Waals surface area contributed by atoms with Crippen molar-refractivity contribution in [1.82, 2.24) is 9.46 Å². The molecular weight excluding hydrogens is 390 g/mol. The van der Waals surface area contributed by atoms with Gasteiger partial charge in [-0.15, -0.1) is 0 Å². The molecule has 1 aliphatic carbocycles. The Morgan fingerprint density at radius 1 is 1.10 bits per heavy atom. The summed E-state index contributed by atoms with van der Waals surface area (Å²) in [6.07, 6.45) is 8.21. The van der Waals surface area contributed by atoms with E-state index in [-0.39, 0.29) is 0 Å². The van der Waals surface area contributed by atoms with E-state index >= 15 is 0 Å². The lowest BCUT2D eigenvalue weighted by Gasteiger charge is -2.21. The SMILES string of the molecule is COc1ccc(S(=O)(=O)N2CCCCCC2)cc1NCc1noc2c1CCCC2. The third kappa shape index (κ3) is 4.28. The maximum atomic E-state index is 13.1. The van der Waals surface area contributed by atoms with E-state index < -0.39 is 10.0 Å². The summed E-state index contributed by atoms with van der Waals surface area (Å²) >= 11 is 0. The first-order chi connectivity index (χ1) is 14.1. The van der Waals surface area contributed by atoms with Crippen molar-refractivity contribution in [3.63, 3.8) is 0 Å². The number of benzene rings is 1. The monoisotopic (exact) mass is 419 g/mol. The third-order valence-electron chi connectivity index (χ3n) is 5.85. The number of nitrogens with zero attached hydrogens (tertiary/aromatic N) is 2. The molecule has 1 N–H and O–H groups in total. The Balaban J connectivity index is 1.56. The molecule has 0 radical (unpaired) electrons. The minimum atomic E-state index is -3.52. The number of hydrogen-bond acceptors (Lipinski definition) is 6. The lowest BCUT2D eigenvalue weighted by molar-refractivity contribution is 0.368. The second-order valence-electron chi connectivity index (χ2n) is 7.77. The second-order valence-corrected chi connectivity index (χ2v) is 9.71. The molecule has 1 fully saturated rings. The average molecular weight is 420 g/mol. The first-order valence-corrected chi connectivity index (χ1v) is 11.9. The minimum Gasteiger partial charge on any atom is -0.495 e. The van der Waals surface area contributed by atoms with Gasteiger partial charge >= 0.3 is 0 Å². The predicted octanol–water partition coefficient (Wildman–Crippen LogP) is 3.74. The lowest BCUT2D eigenvalue weighted by atomic mass is 9.96. The van der Waals surface area contributed by atoms with Gasteiger partial charge in [0.2, 0.25) is 10.0 Å². The molecule has 7 nitrogen and oxygen atoms in total. The zero-order chi connectivity index (χ0) is 20.3. The third-order valence-corrected chi connectivity index (χ3v) is 7.75. The number of hydrogen-bond donors (Lipinski definition) is 1. The second kappa shape index (κ2) is 8.75. The van der Waals surface area contributed by atoms with E-state index in [0.29, 0.717) is 36.0 Å². The zero-order valence-corrected chi connectivity index (χ0v) is 17.8. The van der Waals surface area contributed by atoms with Crippen molar-refractivity contribution in [3.8, 4) is 5.75 Å². The van der Waals surface area contributed by atoms with Gasteiger partial charge in [0, 0.05) is 25.1 Å². The van der Waals surface area contributed by atoms with E-state index in [9.17, 15) is 8.42 Å². The molecule has 0 bridgehead atoms. The summed E-state index contributed by atoms with van der Waals surface area (Å²) in [6.45, 7) is 1.65. The molecule has 2 aromatic rings. The molecule has 158 valence electrons. The number of nitrogens with one attached hydrogen (secondary N) is 1. The number of aryl methyl sites for hydroxylation is 1. The molecule has 1 aromatic carbocycles. The predicted molar refractivity (Wildman–Crippen MR) is 111 cm³/mol. The summed E-state index contributed by atoms with van der Waals surface area (Å²) < 4.78 is 38.8. The van der Waals surface area contributed by atoms with Crippen molar-refractivity contribution in [2.24, 2.45) is 0 Å². The highest BCUT2D eigenvalue weighted by Gasteiger charge is 2.26. The number of rotatable bonds is 6. The number of anilines is 1. The van der Waals surface area contributed by atoms with Crippen LogP contribution in [0.2, 0.25) is 0 Å². The number of aromatic nitrogens is 1. The Morgan fingerprint density at radius 2 is 1.86 bits per heavy atom. The Bertz CT molecular complexity index is 947. The molecule has 2 heterocycles. The van der Waals surface area contributed by atoms with Crippen molar-refractivity contribution < 1.29 is 17.7 Å². The van der Waals surface area contributed by atoms with Crippen LogP contribution in [-0.2, 0) is 29.4 Å². The quantitative estimate of drug-likeness (QED) is 0.768. The number of fused-ring (bicyclic) bond motifs is 1. The summed E-state index contributed by atoms with van der Waals surface area (Å²) in [5.74, 6) is 1.59. The van der Waals surface area contributed by atoms with Gasteiger partial charge in [-0.2, -0.15) is 4.31 Å². The van der Waals surface area contributed by atoms with Crippen LogP contribution in [0.15, 0.2) is 27.6 Å². The van der Waals surface area contributed by atoms with Crippen molar-refractivity contribution in [2.45, 2.75) is 62.8 Å². The summed E-state index contributed by atoms with van der Waals surface area (Å²) in [6, 6.07) is 5.01. The molecule has 0 saturated carbocycles. The van der Waals surface area contributed by atoms with E-state index in [4.69, 9.17) is 9.26 Å². The molecule has 4 rings (SSSR count). The van der Waals surface area contributed by atoms with Crippen LogP contribution in [0.5, 0.6) is 5.75 Å². The summed E-state index contributed by atoms with van der Waals surface area (Å²) in [5, 5.41) is 7.53. The Labute approximate surface area is 172 Å². The van der Waals surface area contributed by atoms with Gasteiger partial charge in [0.25, 0.3) is 0 Å². The van der Waals surface area contributed by atoms with Crippen LogP contribution in [0.25, 0.3) is 0 Å². The van der Waals surface area contributed by atoms with Gasteiger partial charge in [-0.3, -0.25) is 0 Å². The number of methoxy groups -OCH3 is 1. The first kappa shape index (κ1) is 20.2. The average Bonchev–Trinajstić information content (AvgIpc) is 2.95. The molecular formula is C21H29N3O4S. The molecule has 1 aromatic heterocycles. The number of ether oxygens (including phenoxy) is 1. The topological polar surface area (TPSA) is 84.7 Å².